The van der Waals surface area contributed by atoms with Gasteiger partial charge in [-0.05, 0) is 30.2 Å². The Bertz CT molecular complexity index is 1310. The van der Waals surface area contributed by atoms with Crippen molar-refractivity contribution in [1.82, 2.24) is 24.8 Å². The van der Waals surface area contributed by atoms with Gasteiger partial charge in [-0.25, -0.2) is 0 Å². The van der Waals surface area contributed by atoms with Crippen LogP contribution < -0.4 is 19.7 Å². The summed E-state index contributed by atoms with van der Waals surface area (Å²) in [6, 6.07) is 9.40. The quantitative estimate of drug-likeness (QED) is 0.457. The molecule has 0 fully saturated rings. The van der Waals surface area contributed by atoms with E-state index in [0.717, 1.165) is 17.7 Å². The second kappa shape index (κ2) is 8.69. The van der Waals surface area contributed by atoms with E-state index in [9.17, 15) is 13.2 Å². The molecule has 0 unspecified atom stereocenters. The van der Waals surface area contributed by atoms with Crippen LogP contribution in [-0.4, -0.2) is 57.9 Å². The van der Waals surface area contributed by atoms with Crippen LogP contribution in [0.1, 0.15) is 5.56 Å². The minimum absolute atomic E-state index is 0.262. The highest BCUT2D eigenvalue weighted by molar-refractivity contribution is 5.82. The number of nitrogens with zero attached hydrogens (tertiary/aromatic N) is 6. The van der Waals surface area contributed by atoms with Gasteiger partial charge >= 0.3 is 6.36 Å². The molecular formula is C22H20F3N7O2. The van der Waals surface area contributed by atoms with Crippen molar-refractivity contribution in [3.05, 3.63) is 54.4 Å². The first-order valence-electron chi connectivity index (χ1n) is 10.5. The Labute approximate surface area is 192 Å². The fraction of sp³-hybridized carbons (Fsp3) is 0.273. The molecule has 12 heteroatoms. The van der Waals surface area contributed by atoms with Crippen LogP contribution in [0, 0.1) is 0 Å². The molecule has 1 aliphatic heterocycles. The number of rotatable bonds is 6. The highest BCUT2D eigenvalue weighted by Gasteiger charge is 2.31. The van der Waals surface area contributed by atoms with Crippen molar-refractivity contribution in [1.29, 1.82) is 0 Å². The molecule has 1 N–H and O–H groups in total. The smallest absolute Gasteiger partial charge is 0.486 e. The Morgan fingerprint density at radius 1 is 1.18 bits per heavy atom. The largest absolute Gasteiger partial charge is 0.573 e. The number of aromatic nitrogens is 5. The minimum Gasteiger partial charge on any atom is -0.486 e. The average molecular weight is 471 g/mol. The van der Waals surface area contributed by atoms with E-state index in [0.29, 0.717) is 42.5 Å². The van der Waals surface area contributed by atoms with E-state index in [1.54, 1.807) is 18.5 Å². The first-order chi connectivity index (χ1) is 16.4. The van der Waals surface area contributed by atoms with Gasteiger partial charge < -0.3 is 19.7 Å². The van der Waals surface area contributed by atoms with Crippen LogP contribution >= 0.6 is 0 Å². The maximum Gasteiger partial charge on any atom is 0.573 e. The fourth-order valence-corrected chi connectivity index (χ4v) is 3.76. The minimum atomic E-state index is -4.80. The predicted octanol–water partition coefficient (Wildman–Crippen LogP) is 3.57. The second-order valence-corrected chi connectivity index (χ2v) is 7.67. The SMILES string of the molecule is CN1CCOc2c1c(NCCc1cccnc1)nn1c(-c3cccc(OC(F)(F)F)c3)nnc21. The van der Waals surface area contributed by atoms with Crippen molar-refractivity contribution in [3.63, 3.8) is 0 Å². The molecule has 176 valence electrons. The molecule has 0 atom stereocenters. The number of hydrogen-bond acceptors (Lipinski definition) is 8. The molecule has 4 aromatic rings. The van der Waals surface area contributed by atoms with Gasteiger partial charge in [-0.15, -0.1) is 28.5 Å². The van der Waals surface area contributed by atoms with Gasteiger partial charge in [-0.2, -0.15) is 4.52 Å². The molecule has 5 rings (SSSR count). The number of anilines is 2. The lowest BCUT2D eigenvalue weighted by Gasteiger charge is -2.29. The van der Waals surface area contributed by atoms with Crippen molar-refractivity contribution in [2.24, 2.45) is 0 Å². The summed E-state index contributed by atoms with van der Waals surface area (Å²) in [4.78, 5) is 6.15. The van der Waals surface area contributed by atoms with E-state index in [1.807, 2.05) is 24.1 Å². The molecule has 0 saturated heterocycles. The highest BCUT2D eigenvalue weighted by Crippen LogP contribution is 2.40. The van der Waals surface area contributed by atoms with E-state index in [1.165, 1.54) is 22.7 Å². The maximum atomic E-state index is 12.7. The number of halogens is 3. The molecule has 0 amide bonds. The molecule has 0 bridgehead atoms. The monoisotopic (exact) mass is 471 g/mol. The van der Waals surface area contributed by atoms with Crippen LogP contribution in [0.3, 0.4) is 0 Å². The number of pyridine rings is 1. The lowest BCUT2D eigenvalue weighted by Crippen LogP contribution is -2.31. The maximum absolute atomic E-state index is 12.7. The van der Waals surface area contributed by atoms with Crippen molar-refractivity contribution < 1.29 is 22.6 Å². The lowest BCUT2D eigenvalue weighted by molar-refractivity contribution is -0.274. The second-order valence-electron chi connectivity index (χ2n) is 7.67. The normalized spacial score (nSPS) is 13.5. The molecule has 1 aliphatic rings. The van der Waals surface area contributed by atoms with E-state index in [4.69, 9.17) is 9.84 Å². The molecule has 3 aromatic heterocycles. The summed E-state index contributed by atoms with van der Waals surface area (Å²) in [6.07, 6.45) is -0.556. The summed E-state index contributed by atoms with van der Waals surface area (Å²) >= 11 is 0. The standard InChI is InChI=1S/C22H20F3N7O2/c1-31-10-11-33-18-17(31)19(27-9-7-14-4-3-8-26-13-14)30-32-20(28-29-21(18)32)15-5-2-6-16(12-15)34-22(23,24)25/h2-6,8,12-13H,7,9-11H2,1H3,(H,27,30). The topological polar surface area (TPSA) is 89.7 Å². The van der Waals surface area contributed by atoms with Gasteiger partial charge in [0.1, 0.15) is 18.0 Å². The van der Waals surface area contributed by atoms with Crippen molar-refractivity contribution in [2.45, 2.75) is 12.8 Å². The van der Waals surface area contributed by atoms with Gasteiger partial charge in [0.05, 0.1) is 6.54 Å². The molecule has 34 heavy (non-hydrogen) atoms. The van der Waals surface area contributed by atoms with E-state index in [2.05, 4.69) is 25.2 Å². The number of alkyl halides is 3. The summed E-state index contributed by atoms with van der Waals surface area (Å²) in [5, 5.41) is 16.4. The Morgan fingerprint density at radius 2 is 2.06 bits per heavy atom. The third-order valence-electron chi connectivity index (χ3n) is 5.29. The summed E-state index contributed by atoms with van der Waals surface area (Å²) in [5.41, 5.74) is 2.56. The van der Waals surface area contributed by atoms with Crippen LogP contribution in [0.15, 0.2) is 48.8 Å². The first-order valence-corrected chi connectivity index (χ1v) is 10.5. The van der Waals surface area contributed by atoms with Crippen LogP contribution in [0.5, 0.6) is 11.5 Å². The van der Waals surface area contributed by atoms with Gasteiger partial charge in [0.2, 0.25) is 5.65 Å². The van der Waals surface area contributed by atoms with E-state index < -0.39 is 6.36 Å². The number of nitrogens with one attached hydrogen (secondary N) is 1. The highest BCUT2D eigenvalue weighted by atomic mass is 19.4. The van der Waals surface area contributed by atoms with Crippen LogP contribution in [-0.2, 0) is 6.42 Å². The van der Waals surface area contributed by atoms with Crippen molar-refractivity contribution >= 4 is 17.2 Å². The average Bonchev–Trinajstić information content (AvgIpc) is 3.23. The van der Waals surface area contributed by atoms with Crippen molar-refractivity contribution in [3.8, 4) is 22.9 Å². The number of hydrogen-bond donors (Lipinski definition) is 1. The van der Waals surface area contributed by atoms with Gasteiger partial charge in [0, 0.05) is 31.5 Å². The number of ether oxygens (including phenoxy) is 2. The van der Waals surface area contributed by atoms with Crippen LogP contribution in [0.25, 0.3) is 17.0 Å². The molecule has 0 spiro atoms. The molecule has 0 radical (unpaired) electrons. The van der Waals surface area contributed by atoms with Gasteiger partial charge in [0.25, 0.3) is 0 Å². The molecule has 0 saturated carbocycles. The number of fused-ring (bicyclic) bond motifs is 3. The van der Waals surface area contributed by atoms with Gasteiger partial charge in [0.15, 0.2) is 17.4 Å². The Balaban J connectivity index is 1.53. The van der Waals surface area contributed by atoms with Crippen LogP contribution in [0.4, 0.5) is 24.7 Å². The zero-order valence-corrected chi connectivity index (χ0v) is 18.1. The van der Waals surface area contributed by atoms with Crippen LogP contribution in [0.2, 0.25) is 0 Å². The zero-order valence-electron chi connectivity index (χ0n) is 18.1. The third kappa shape index (κ3) is 4.38. The Morgan fingerprint density at radius 3 is 2.85 bits per heavy atom. The number of benzene rings is 1. The summed E-state index contributed by atoms with van der Waals surface area (Å²) in [7, 11) is 1.93. The number of likely N-dealkylation sites (N-methyl/N-ethyl adjacent to an activating group) is 1. The lowest BCUT2D eigenvalue weighted by atomic mass is 10.2. The molecular weight excluding hydrogens is 451 g/mol. The molecule has 0 aliphatic carbocycles. The van der Waals surface area contributed by atoms with E-state index >= 15 is 0 Å². The third-order valence-corrected chi connectivity index (χ3v) is 5.29. The zero-order chi connectivity index (χ0) is 23.7. The molecule has 1 aromatic carbocycles. The van der Waals surface area contributed by atoms with Crippen molar-refractivity contribution in [2.75, 3.05) is 37.0 Å². The summed E-state index contributed by atoms with van der Waals surface area (Å²) < 4.78 is 49.5. The fourth-order valence-electron chi connectivity index (χ4n) is 3.76. The predicted molar refractivity (Wildman–Crippen MR) is 118 cm³/mol. The summed E-state index contributed by atoms with van der Waals surface area (Å²) in [6.45, 7) is 1.70. The summed E-state index contributed by atoms with van der Waals surface area (Å²) in [5.74, 6) is 0.967. The Kier molecular flexibility index (Phi) is 5.56. The Hall–Kier alpha value is -4.09. The first kappa shape index (κ1) is 21.7. The van der Waals surface area contributed by atoms with Gasteiger partial charge in [-0.1, -0.05) is 18.2 Å². The van der Waals surface area contributed by atoms with Gasteiger partial charge in [-0.3, -0.25) is 4.98 Å². The van der Waals surface area contributed by atoms with E-state index in [-0.39, 0.29) is 11.6 Å². The molecule has 9 nitrogen and oxygen atoms in total. The molecule has 4 heterocycles.